The largest absolute Gasteiger partial charge is 0.566 e. The van der Waals surface area contributed by atoms with Gasteiger partial charge in [-0.3, -0.25) is 9.48 Å². The highest BCUT2D eigenvalue weighted by molar-refractivity contribution is 5.85. The first-order chi connectivity index (χ1) is 6.93. The molecule has 0 unspecified atom stereocenters. The van der Waals surface area contributed by atoms with Gasteiger partial charge < -0.3 is 9.84 Å². The van der Waals surface area contributed by atoms with Crippen LogP contribution >= 0.6 is 12.4 Å². The smallest absolute Gasteiger partial charge is 0.149 e. The van der Waals surface area contributed by atoms with Crippen molar-refractivity contribution in [2.24, 2.45) is 4.99 Å². The van der Waals surface area contributed by atoms with E-state index in [1.165, 1.54) is 7.05 Å². The minimum absolute atomic E-state index is 0. The van der Waals surface area contributed by atoms with E-state index in [-0.39, 0.29) is 12.4 Å². The van der Waals surface area contributed by atoms with Crippen molar-refractivity contribution >= 4 is 24.2 Å². The van der Waals surface area contributed by atoms with Crippen LogP contribution in [0.4, 0.5) is 5.69 Å². The van der Waals surface area contributed by atoms with Crippen LogP contribution in [0.1, 0.15) is 0 Å². The molecule has 0 atom stereocenters. The summed E-state index contributed by atoms with van der Waals surface area (Å²) in [6.45, 7) is 0. The fraction of sp³-hybridized carbons (Fsp3) is 0.364. The molecule has 1 aromatic carbocycles. The third-order valence-corrected chi connectivity index (χ3v) is 1.98. The number of hydrogen-bond acceptors (Lipinski definition) is 3. The lowest BCUT2D eigenvalue weighted by Crippen LogP contribution is -2.34. The molecule has 1 rings (SSSR count). The Kier molecular flexibility index (Phi) is 5.27. The molecule has 0 saturated carbocycles. The van der Waals surface area contributed by atoms with Crippen LogP contribution in [-0.2, 0) is 0 Å². The molecule has 5 heteroatoms. The van der Waals surface area contributed by atoms with Gasteiger partial charge in [-0.25, -0.2) is 0 Å². The number of nitrogens with zero attached hydrogens (tertiary/aromatic N) is 2. The summed E-state index contributed by atoms with van der Waals surface area (Å²) < 4.78 is 5.66. The quantitative estimate of drug-likeness (QED) is 0.443. The first-order valence-corrected chi connectivity index (χ1v) is 4.67. The van der Waals surface area contributed by atoms with Crippen molar-refractivity contribution in [2.45, 2.75) is 0 Å². The van der Waals surface area contributed by atoms with Gasteiger partial charge in [0, 0.05) is 18.9 Å². The third kappa shape index (κ3) is 4.08. The van der Waals surface area contributed by atoms with Crippen molar-refractivity contribution in [1.82, 2.24) is 4.48 Å². The summed E-state index contributed by atoms with van der Waals surface area (Å²) in [5.41, 5.74) is 1.07. The molecular formula is C11H17ClN2O2. The monoisotopic (exact) mass is 244 g/mol. The second-order valence-electron chi connectivity index (χ2n) is 4.10. The van der Waals surface area contributed by atoms with E-state index in [1.54, 1.807) is 6.07 Å². The van der Waals surface area contributed by atoms with Crippen molar-refractivity contribution < 1.29 is 9.84 Å². The van der Waals surface area contributed by atoms with Crippen LogP contribution in [-0.4, -0.2) is 34.3 Å². The Labute approximate surface area is 102 Å². The minimum Gasteiger partial charge on any atom is -0.566 e. The number of benzene rings is 1. The van der Waals surface area contributed by atoms with Crippen LogP contribution in [0.15, 0.2) is 29.3 Å². The van der Waals surface area contributed by atoms with Crippen LogP contribution < -0.4 is 14.3 Å². The second kappa shape index (κ2) is 5.72. The molecular weight excluding hydrogens is 228 g/mol. The second-order valence-corrected chi connectivity index (χ2v) is 4.10. The van der Waals surface area contributed by atoms with E-state index >= 15 is 0 Å². The van der Waals surface area contributed by atoms with Gasteiger partial charge >= 0.3 is 0 Å². The SMILES string of the molecule is CN=C([O-])Oc1cccc([N+](C)(C)C)c1.Cl. The van der Waals surface area contributed by atoms with E-state index in [4.69, 9.17) is 4.74 Å². The summed E-state index contributed by atoms with van der Waals surface area (Å²) in [6, 6.07) is 7.42. The van der Waals surface area contributed by atoms with Crippen molar-refractivity contribution in [3.8, 4) is 5.75 Å². The van der Waals surface area contributed by atoms with Crippen molar-refractivity contribution in [3.63, 3.8) is 0 Å². The summed E-state index contributed by atoms with van der Waals surface area (Å²) in [7, 11) is 7.55. The molecule has 0 fully saturated rings. The maximum atomic E-state index is 10.9. The highest BCUT2D eigenvalue weighted by Gasteiger charge is 2.11. The maximum absolute atomic E-state index is 10.9. The van der Waals surface area contributed by atoms with E-state index in [9.17, 15) is 5.11 Å². The van der Waals surface area contributed by atoms with Crippen molar-refractivity contribution in [1.29, 1.82) is 0 Å². The minimum atomic E-state index is -0.575. The van der Waals surface area contributed by atoms with E-state index in [2.05, 4.69) is 4.99 Å². The number of hydrogen-bond donors (Lipinski definition) is 0. The number of ether oxygens (including phenoxy) is 1. The van der Waals surface area contributed by atoms with Gasteiger partial charge in [-0.15, -0.1) is 12.4 Å². The normalized spacial score (nSPS) is 11.9. The van der Waals surface area contributed by atoms with Gasteiger partial charge in [0.15, 0.2) is 0 Å². The van der Waals surface area contributed by atoms with E-state index in [0.717, 1.165) is 5.69 Å². The van der Waals surface area contributed by atoms with E-state index in [1.807, 2.05) is 39.3 Å². The van der Waals surface area contributed by atoms with Crippen LogP contribution in [0.25, 0.3) is 0 Å². The van der Waals surface area contributed by atoms with Gasteiger partial charge in [-0.1, -0.05) is 6.07 Å². The molecule has 90 valence electrons. The number of rotatable bonds is 2. The summed E-state index contributed by atoms with van der Waals surface area (Å²) in [4.78, 5) is 3.41. The maximum Gasteiger partial charge on any atom is 0.149 e. The fourth-order valence-electron chi connectivity index (χ4n) is 1.11. The highest BCUT2D eigenvalue weighted by Crippen LogP contribution is 2.22. The predicted molar refractivity (Wildman–Crippen MR) is 67.2 cm³/mol. The zero-order valence-corrected chi connectivity index (χ0v) is 10.7. The molecule has 0 radical (unpaired) electrons. The standard InChI is InChI=1S/C11H16N2O2.ClH/c1-12-11(14)15-10-7-5-6-9(8-10)13(2,3)4;/h5-8H,1-4H3;1H. The summed E-state index contributed by atoms with van der Waals surface area (Å²) in [5.74, 6) is 0.524. The van der Waals surface area contributed by atoms with E-state index < -0.39 is 6.08 Å². The van der Waals surface area contributed by atoms with Gasteiger partial charge in [0.05, 0.1) is 21.1 Å². The van der Waals surface area contributed by atoms with Gasteiger partial charge in [-0.2, -0.15) is 0 Å². The molecule has 0 aliphatic rings. The first kappa shape index (κ1) is 14.7. The van der Waals surface area contributed by atoms with Crippen molar-refractivity contribution in [3.05, 3.63) is 24.3 Å². The molecule has 0 amide bonds. The molecule has 0 bridgehead atoms. The number of halogens is 1. The molecule has 0 aromatic heterocycles. The number of aliphatic imine (C=N–C) groups is 1. The van der Waals surface area contributed by atoms with Crippen LogP contribution in [0, 0.1) is 0 Å². The summed E-state index contributed by atoms with van der Waals surface area (Å²) in [5, 5.41) is 10.9. The summed E-state index contributed by atoms with van der Waals surface area (Å²) >= 11 is 0. The average molecular weight is 245 g/mol. The Balaban J connectivity index is 0.00000225. The van der Waals surface area contributed by atoms with Crippen molar-refractivity contribution in [2.75, 3.05) is 28.2 Å². The molecule has 16 heavy (non-hydrogen) atoms. The van der Waals surface area contributed by atoms with E-state index in [0.29, 0.717) is 10.2 Å². The average Bonchev–Trinajstić information content (AvgIpc) is 2.17. The Morgan fingerprint density at radius 3 is 2.44 bits per heavy atom. The zero-order chi connectivity index (χ0) is 11.5. The van der Waals surface area contributed by atoms with Crippen LogP contribution in [0.5, 0.6) is 5.75 Å². The third-order valence-electron chi connectivity index (χ3n) is 1.98. The Morgan fingerprint density at radius 1 is 1.31 bits per heavy atom. The predicted octanol–water partition coefficient (Wildman–Crippen LogP) is 1.03. The Morgan fingerprint density at radius 2 is 1.94 bits per heavy atom. The first-order valence-electron chi connectivity index (χ1n) is 4.67. The van der Waals surface area contributed by atoms with Gasteiger partial charge in [-0.05, 0) is 12.1 Å². The van der Waals surface area contributed by atoms with Gasteiger partial charge in [0.2, 0.25) is 0 Å². The Bertz CT molecular complexity index is 372. The molecule has 0 saturated heterocycles. The van der Waals surface area contributed by atoms with Gasteiger partial charge in [0.1, 0.15) is 11.8 Å². The fourth-order valence-corrected chi connectivity index (χ4v) is 1.11. The zero-order valence-electron chi connectivity index (χ0n) is 9.93. The molecule has 0 heterocycles. The molecule has 0 spiro atoms. The molecule has 4 nitrogen and oxygen atoms in total. The number of quaternary nitrogens is 1. The Hall–Kier alpha value is -1.26. The highest BCUT2D eigenvalue weighted by atomic mass is 35.5. The summed E-state index contributed by atoms with van der Waals surface area (Å²) in [6.07, 6.45) is -0.575. The molecule has 0 N–H and O–H groups in total. The lowest BCUT2D eigenvalue weighted by molar-refractivity contribution is -0.240. The van der Waals surface area contributed by atoms with Gasteiger partial charge in [0.25, 0.3) is 0 Å². The lowest BCUT2D eigenvalue weighted by atomic mass is 10.2. The van der Waals surface area contributed by atoms with Crippen LogP contribution in [0.2, 0.25) is 0 Å². The lowest BCUT2D eigenvalue weighted by Gasteiger charge is -2.24. The van der Waals surface area contributed by atoms with Crippen LogP contribution in [0.3, 0.4) is 0 Å². The molecule has 0 aliphatic carbocycles. The molecule has 1 aromatic rings. The topological polar surface area (TPSA) is 44.7 Å². The molecule has 0 aliphatic heterocycles.